The molecule has 2 heterocycles. The molecule has 4 nitrogen and oxygen atoms in total. The molecule has 1 aliphatic carbocycles. The Morgan fingerprint density at radius 2 is 2.16 bits per heavy atom. The number of rotatable bonds is 4. The SMILES string of the molecule is O=C(Nc1ccc(OC(F)F)c2ncccc12)c1cc2c(s1)CCC2. The Bertz CT molecular complexity index is 934. The van der Waals surface area contributed by atoms with Crippen molar-refractivity contribution in [1.29, 1.82) is 0 Å². The highest BCUT2D eigenvalue weighted by molar-refractivity contribution is 7.14. The molecule has 1 aromatic carbocycles. The highest BCUT2D eigenvalue weighted by Gasteiger charge is 2.19. The molecule has 3 aromatic rings. The van der Waals surface area contributed by atoms with Gasteiger partial charge in [-0.05, 0) is 55.2 Å². The van der Waals surface area contributed by atoms with Gasteiger partial charge in [0, 0.05) is 16.5 Å². The Hall–Kier alpha value is -2.54. The molecule has 1 aliphatic rings. The number of hydrogen-bond donors (Lipinski definition) is 1. The van der Waals surface area contributed by atoms with Crippen molar-refractivity contribution in [3.63, 3.8) is 0 Å². The molecule has 0 bridgehead atoms. The lowest BCUT2D eigenvalue weighted by Gasteiger charge is -2.11. The van der Waals surface area contributed by atoms with Crippen molar-refractivity contribution in [2.24, 2.45) is 0 Å². The number of carbonyl (C=O) groups excluding carboxylic acids is 1. The van der Waals surface area contributed by atoms with Crippen molar-refractivity contribution in [2.45, 2.75) is 25.9 Å². The molecule has 7 heteroatoms. The minimum absolute atomic E-state index is 0.0151. The molecule has 1 amide bonds. The Balaban J connectivity index is 1.66. The number of ether oxygens (including phenoxy) is 1. The topological polar surface area (TPSA) is 51.2 Å². The van der Waals surface area contributed by atoms with Crippen molar-refractivity contribution in [2.75, 3.05) is 5.32 Å². The predicted octanol–water partition coefficient (Wildman–Crippen LogP) is 4.64. The first kappa shape index (κ1) is 16.0. The normalized spacial score (nSPS) is 13.2. The Morgan fingerprint density at radius 3 is 2.96 bits per heavy atom. The number of benzene rings is 1. The highest BCUT2D eigenvalue weighted by Crippen LogP contribution is 2.33. The van der Waals surface area contributed by atoms with E-state index in [1.165, 1.54) is 34.0 Å². The van der Waals surface area contributed by atoms with E-state index in [1.54, 1.807) is 18.2 Å². The largest absolute Gasteiger partial charge is 0.432 e. The van der Waals surface area contributed by atoms with Crippen molar-refractivity contribution in [1.82, 2.24) is 4.98 Å². The molecular weight excluding hydrogens is 346 g/mol. The molecule has 25 heavy (non-hydrogen) atoms. The molecule has 0 radical (unpaired) electrons. The number of anilines is 1. The molecular formula is C18H14F2N2O2S. The van der Waals surface area contributed by atoms with Gasteiger partial charge in [0.25, 0.3) is 5.91 Å². The fourth-order valence-electron chi connectivity index (χ4n) is 3.07. The first-order valence-electron chi connectivity index (χ1n) is 7.87. The van der Waals surface area contributed by atoms with E-state index in [1.807, 2.05) is 6.07 Å². The zero-order chi connectivity index (χ0) is 17.4. The van der Waals surface area contributed by atoms with Gasteiger partial charge in [-0.15, -0.1) is 11.3 Å². The average molecular weight is 360 g/mol. The molecule has 0 aliphatic heterocycles. The number of fused-ring (bicyclic) bond motifs is 2. The lowest BCUT2D eigenvalue weighted by molar-refractivity contribution is -0.0489. The van der Waals surface area contributed by atoms with Gasteiger partial charge in [-0.25, -0.2) is 0 Å². The molecule has 0 saturated heterocycles. The molecule has 0 fully saturated rings. The monoisotopic (exact) mass is 360 g/mol. The molecule has 0 unspecified atom stereocenters. The molecule has 0 saturated carbocycles. The summed E-state index contributed by atoms with van der Waals surface area (Å²) in [5.41, 5.74) is 2.06. The second-order valence-electron chi connectivity index (χ2n) is 5.76. The van der Waals surface area contributed by atoms with Crippen LogP contribution in [0.3, 0.4) is 0 Å². The fraction of sp³-hybridized carbons (Fsp3) is 0.222. The minimum Gasteiger partial charge on any atom is -0.432 e. The molecule has 0 spiro atoms. The van der Waals surface area contributed by atoms with Gasteiger partial charge in [-0.3, -0.25) is 9.78 Å². The summed E-state index contributed by atoms with van der Waals surface area (Å²) in [5.74, 6) is -0.217. The smallest absolute Gasteiger partial charge is 0.387 e. The van der Waals surface area contributed by atoms with E-state index < -0.39 is 6.61 Å². The van der Waals surface area contributed by atoms with E-state index in [-0.39, 0.29) is 17.2 Å². The maximum atomic E-state index is 12.6. The second-order valence-corrected chi connectivity index (χ2v) is 6.89. The number of carbonyl (C=O) groups is 1. The summed E-state index contributed by atoms with van der Waals surface area (Å²) >= 11 is 1.51. The number of amides is 1. The number of alkyl halides is 2. The van der Waals surface area contributed by atoms with Crippen molar-refractivity contribution < 1.29 is 18.3 Å². The van der Waals surface area contributed by atoms with Crippen LogP contribution in [0.1, 0.15) is 26.5 Å². The molecule has 1 N–H and O–H groups in total. The van der Waals surface area contributed by atoms with E-state index in [4.69, 9.17) is 0 Å². The van der Waals surface area contributed by atoms with Crippen LogP contribution in [0.4, 0.5) is 14.5 Å². The van der Waals surface area contributed by atoms with Gasteiger partial charge in [0.05, 0.1) is 10.6 Å². The van der Waals surface area contributed by atoms with Crippen LogP contribution in [0.15, 0.2) is 36.5 Å². The first-order valence-corrected chi connectivity index (χ1v) is 8.69. The van der Waals surface area contributed by atoms with Gasteiger partial charge in [-0.1, -0.05) is 0 Å². The Labute approximate surface area is 146 Å². The summed E-state index contributed by atoms with van der Waals surface area (Å²) in [6, 6.07) is 8.29. The molecule has 2 aromatic heterocycles. The van der Waals surface area contributed by atoms with Crippen LogP contribution in [0, 0.1) is 0 Å². The number of aromatic nitrogens is 1. The van der Waals surface area contributed by atoms with Crippen LogP contribution < -0.4 is 10.1 Å². The number of halogens is 2. The zero-order valence-corrected chi connectivity index (χ0v) is 13.9. The lowest BCUT2D eigenvalue weighted by atomic mass is 10.1. The average Bonchev–Trinajstić information content (AvgIpc) is 3.18. The predicted molar refractivity (Wildman–Crippen MR) is 92.7 cm³/mol. The third-order valence-corrected chi connectivity index (χ3v) is 5.40. The van der Waals surface area contributed by atoms with Gasteiger partial charge in [0.1, 0.15) is 5.52 Å². The van der Waals surface area contributed by atoms with Crippen LogP contribution in [-0.2, 0) is 12.8 Å². The lowest BCUT2D eigenvalue weighted by Crippen LogP contribution is -2.11. The van der Waals surface area contributed by atoms with E-state index in [0.717, 1.165) is 19.3 Å². The van der Waals surface area contributed by atoms with E-state index in [2.05, 4.69) is 15.0 Å². The zero-order valence-electron chi connectivity index (χ0n) is 13.1. The number of nitrogens with zero attached hydrogens (tertiary/aromatic N) is 1. The van der Waals surface area contributed by atoms with Crippen LogP contribution in [-0.4, -0.2) is 17.5 Å². The van der Waals surface area contributed by atoms with Crippen molar-refractivity contribution in [3.8, 4) is 5.75 Å². The van der Waals surface area contributed by atoms with Gasteiger partial charge < -0.3 is 10.1 Å². The van der Waals surface area contributed by atoms with Gasteiger partial charge >= 0.3 is 6.61 Å². The molecule has 0 atom stereocenters. The molecule has 4 rings (SSSR count). The third-order valence-electron chi connectivity index (χ3n) is 4.17. The van der Waals surface area contributed by atoms with Crippen LogP contribution in [0.25, 0.3) is 10.9 Å². The second kappa shape index (κ2) is 6.40. The van der Waals surface area contributed by atoms with Crippen molar-refractivity contribution in [3.05, 3.63) is 51.8 Å². The van der Waals surface area contributed by atoms with E-state index in [0.29, 0.717) is 16.0 Å². The van der Waals surface area contributed by atoms with E-state index in [9.17, 15) is 13.6 Å². The summed E-state index contributed by atoms with van der Waals surface area (Å²) in [6.45, 7) is -2.93. The van der Waals surface area contributed by atoms with Crippen LogP contribution in [0.5, 0.6) is 5.75 Å². The number of pyridine rings is 1. The van der Waals surface area contributed by atoms with Gasteiger partial charge in [0.2, 0.25) is 0 Å². The number of thiophene rings is 1. The Morgan fingerprint density at radius 1 is 1.28 bits per heavy atom. The highest BCUT2D eigenvalue weighted by atomic mass is 32.1. The number of nitrogens with one attached hydrogen (secondary N) is 1. The Kier molecular flexibility index (Phi) is 4.09. The number of aryl methyl sites for hydroxylation is 2. The van der Waals surface area contributed by atoms with Gasteiger partial charge in [0.15, 0.2) is 5.75 Å². The summed E-state index contributed by atoms with van der Waals surface area (Å²) in [6.07, 6.45) is 4.69. The standard InChI is InChI=1S/C18H14F2N2O2S/c19-18(20)24-13-7-6-12(11-4-2-8-21-16(11)13)22-17(23)15-9-10-3-1-5-14(10)25-15/h2,4,6-9,18H,1,3,5H2,(H,22,23). The fourth-order valence-corrected chi connectivity index (χ4v) is 4.22. The summed E-state index contributed by atoms with van der Waals surface area (Å²) in [7, 11) is 0. The van der Waals surface area contributed by atoms with Crippen LogP contribution >= 0.6 is 11.3 Å². The van der Waals surface area contributed by atoms with Crippen molar-refractivity contribution >= 4 is 33.8 Å². The quantitative estimate of drug-likeness (QED) is 0.737. The third kappa shape index (κ3) is 3.07. The molecule has 128 valence electrons. The maximum absolute atomic E-state index is 12.6. The minimum atomic E-state index is -2.93. The summed E-state index contributed by atoms with van der Waals surface area (Å²) in [5, 5.41) is 3.41. The summed E-state index contributed by atoms with van der Waals surface area (Å²) in [4.78, 5) is 18.6. The summed E-state index contributed by atoms with van der Waals surface area (Å²) < 4.78 is 29.6. The maximum Gasteiger partial charge on any atom is 0.387 e. The first-order chi connectivity index (χ1) is 12.1. The van der Waals surface area contributed by atoms with Gasteiger partial charge in [-0.2, -0.15) is 8.78 Å². The number of hydrogen-bond acceptors (Lipinski definition) is 4. The van der Waals surface area contributed by atoms with Crippen LogP contribution in [0.2, 0.25) is 0 Å². The van der Waals surface area contributed by atoms with E-state index >= 15 is 0 Å².